The van der Waals surface area contributed by atoms with E-state index in [4.69, 9.17) is 14.2 Å². The van der Waals surface area contributed by atoms with Crippen LogP contribution in [0.1, 0.15) is 29.0 Å². The predicted molar refractivity (Wildman–Crippen MR) is 96.6 cm³/mol. The Morgan fingerprint density at radius 1 is 1.04 bits per heavy atom. The lowest BCUT2D eigenvalue weighted by Crippen LogP contribution is -2.26. The average Bonchev–Trinajstić information content (AvgIpc) is 3.44. The molecule has 8 nitrogen and oxygen atoms in total. The number of methoxy groups -OCH3 is 3. The Labute approximate surface area is 151 Å². The van der Waals surface area contributed by atoms with Crippen molar-refractivity contribution in [2.45, 2.75) is 25.8 Å². The minimum atomic E-state index is -0.189. The smallest absolute Gasteiger partial charge is 0.270 e. The van der Waals surface area contributed by atoms with Crippen LogP contribution in [0.25, 0.3) is 0 Å². The molecule has 26 heavy (non-hydrogen) atoms. The zero-order chi connectivity index (χ0) is 18.7. The molecule has 0 unspecified atom stereocenters. The second-order valence-corrected chi connectivity index (χ2v) is 6.00. The van der Waals surface area contributed by atoms with Crippen LogP contribution in [0.3, 0.4) is 0 Å². The van der Waals surface area contributed by atoms with Crippen molar-refractivity contribution in [1.29, 1.82) is 0 Å². The monoisotopic (exact) mass is 358 g/mol. The molecule has 3 rings (SSSR count). The van der Waals surface area contributed by atoms with Crippen LogP contribution in [0.5, 0.6) is 17.2 Å². The van der Waals surface area contributed by atoms with Crippen LogP contribution >= 0.6 is 0 Å². The molecule has 0 atom stereocenters. The van der Waals surface area contributed by atoms with Crippen molar-refractivity contribution in [1.82, 2.24) is 15.3 Å². The first-order valence-corrected chi connectivity index (χ1v) is 8.27. The molecular weight excluding hydrogens is 336 g/mol. The molecule has 1 heterocycles. The van der Waals surface area contributed by atoms with Gasteiger partial charge in [0.15, 0.2) is 11.5 Å². The lowest BCUT2D eigenvalue weighted by atomic mass is 10.2. The molecule has 1 aliphatic carbocycles. The standard InChI is InChI=1S/C18H22N4O4/c1-10-7-13(17(23)20-11-5-6-11)22-18(19-10)21-12-8-14(24-2)16(26-4)15(9-12)25-3/h7-9,11H,5-6H2,1-4H3,(H,20,23)(H,19,21,22). The molecule has 0 bridgehead atoms. The second-order valence-electron chi connectivity index (χ2n) is 6.00. The summed E-state index contributed by atoms with van der Waals surface area (Å²) in [6.45, 7) is 1.82. The number of benzene rings is 1. The second kappa shape index (κ2) is 7.47. The van der Waals surface area contributed by atoms with E-state index in [9.17, 15) is 4.79 Å². The Morgan fingerprint density at radius 2 is 1.69 bits per heavy atom. The van der Waals surface area contributed by atoms with E-state index >= 15 is 0 Å². The maximum Gasteiger partial charge on any atom is 0.270 e. The predicted octanol–water partition coefficient (Wildman–Crippen LogP) is 2.45. The highest BCUT2D eigenvalue weighted by molar-refractivity contribution is 5.93. The molecule has 0 radical (unpaired) electrons. The largest absolute Gasteiger partial charge is 0.493 e. The molecule has 2 N–H and O–H groups in total. The van der Waals surface area contributed by atoms with Crippen LogP contribution in [-0.4, -0.2) is 43.2 Å². The third-order valence-electron chi connectivity index (χ3n) is 3.92. The topological polar surface area (TPSA) is 94.6 Å². The third kappa shape index (κ3) is 3.96. The first-order valence-electron chi connectivity index (χ1n) is 8.27. The van der Waals surface area contributed by atoms with Crippen LogP contribution < -0.4 is 24.8 Å². The Hall–Kier alpha value is -3.03. The molecule has 0 saturated heterocycles. The number of anilines is 2. The fraction of sp³-hybridized carbons (Fsp3) is 0.389. The van der Waals surface area contributed by atoms with Crippen molar-refractivity contribution in [3.05, 3.63) is 29.6 Å². The van der Waals surface area contributed by atoms with Crippen molar-refractivity contribution in [3.8, 4) is 17.2 Å². The van der Waals surface area contributed by atoms with Crippen molar-refractivity contribution in [2.24, 2.45) is 0 Å². The van der Waals surface area contributed by atoms with E-state index in [-0.39, 0.29) is 11.9 Å². The summed E-state index contributed by atoms with van der Waals surface area (Å²) in [5.74, 6) is 1.64. The van der Waals surface area contributed by atoms with Crippen molar-refractivity contribution in [3.63, 3.8) is 0 Å². The van der Waals surface area contributed by atoms with Gasteiger partial charge < -0.3 is 24.8 Å². The fourth-order valence-electron chi connectivity index (χ4n) is 2.51. The van der Waals surface area contributed by atoms with Gasteiger partial charge in [0, 0.05) is 29.6 Å². The number of hydrogen-bond acceptors (Lipinski definition) is 7. The van der Waals surface area contributed by atoms with Crippen LogP contribution in [0.2, 0.25) is 0 Å². The molecule has 138 valence electrons. The van der Waals surface area contributed by atoms with Gasteiger partial charge in [0.05, 0.1) is 21.3 Å². The summed E-state index contributed by atoms with van der Waals surface area (Å²) >= 11 is 0. The summed E-state index contributed by atoms with van der Waals surface area (Å²) in [6, 6.07) is 5.43. The number of hydrogen-bond donors (Lipinski definition) is 2. The zero-order valence-corrected chi connectivity index (χ0v) is 15.3. The minimum absolute atomic E-state index is 0.189. The summed E-state index contributed by atoms with van der Waals surface area (Å²) in [5.41, 5.74) is 1.67. The van der Waals surface area contributed by atoms with E-state index in [1.165, 1.54) is 0 Å². The highest BCUT2D eigenvalue weighted by Crippen LogP contribution is 2.40. The van der Waals surface area contributed by atoms with Crippen LogP contribution in [0.15, 0.2) is 18.2 Å². The van der Waals surface area contributed by atoms with Crippen molar-refractivity contribution >= 4 is 17.5 Å². The molecule has 1 fully saturated rings. The molecule has 8 heteroatoms. The summed E-state index contributed by atoms with van der Waals surface area (Å²) in [5, 5.41) is 6.02. The maximum absolute atomic E-state index is 12.3. The zero-order valence-electron chi connectivity index (χ0n) is 15.3. The third-order valence-corrected chi connectivity index (χ3v) is 3.92. The van der Waals surface area contributed by atoms with Gasteiger partial charge in [-0.05, 0) is 25.8 Å². The van der Waals surface area contributed by atoms with Crippen molar-refractivity contribution < 1.29 is 19.0 Å². The summed E-state index contributed by atoms with van der Waals surface area (Å²) < 4.78 is 16.0. The Bertz CT molecular complexity index is 796. The molecule has 2 aromatic rings. The van der Waals surface area contributed by atoms with Crippen LogP contribution in [0.4, 0.5) is 11.6 Å². The van der Waals surface area contributed by atoms with Gasteiger partial charge in [-0.1, -0.05) is 0 Å². The number of carbonyl (C=O) groups is 1. The van der Waals surface area contributed by atoms with E-state index in [2.05, 4.69) is 20.6 Å². The summed E-state index contributed by atoms with van der Waals surface area (Å²) in [4.78, 5) is 20.9. The van der Waals surface area contributed by atoms with Crippen molar-refractivity contribution in [2.75, 3.05) is 26.6 Å². The van der Waals surface area contributed by atoms with Gasteiger partial charge in [-0.3, -0.25) is 4.79 Å². The Kier molecular flexibility index (Phi) is 5.11. The minimum Gasteiger partial charge on any atom is -0.493 e. The molecular formula is C18H22N4O4. The first-order chi connectivity index (χ1) is 12.5. The number of rotatable bonds is 7. The van der Waals surface area contributed by atoms with E-state index in [0.29, 0.717) is 40.3 Å². The molecule has 0 aliphatic heterocycles. The number of ether oxygens (including phenoxy) is 3. The van der Waals surface area contributed by atoms with Gasteiger partial charge in [-0.2, -0.15) is 0 Å². The molecule has 1 aromatic carbocycles. The molecule has 0 spiro atoms. The lowest BCUT2D eigenvalue weighted by molar-refractivity contribution is 0.0946. The fourth-order valence-corrected chi connectivity index (χ4v) is 2.51. The number of nitrogens with zero attached hydrogens (tertiary/aromatic N) is 2. The quantitative estimate of drug-likeness (QED) is 0.785. The summed E-state index contributed by atoms with van der Waals surface area (Å²) in [7, 11) is 4.64. The Morgan fingerprint density at radius 3 is 2.23 bits per heavy atom. The van der Waals surface area contributed by atoms with E-state index in [1.807, 2.05) is 6.92 Å². The van der Waals surface area contributed by atoms with Gasteiger partial charge in [0.2, 0.25) is 11.7 Å². The number of carbonyl (C=O) groups excluding carboxylic acids is 1. The number of amides is 1. The average molecular weight is 358 g/mol. The van der Waals surface area contributed by atoms with Gasteiger partial charge in [-0.15, -0.1) is 0 Å². The van der Waals surface area contributed by atoms with E-state index < -0.39 is 0 Å². The van der Waals surface area contributed by atoms with Crippen LogP contribution in [0, 0.1) is 6.92 Å². The molecule has 1 amide bonds. The highest BCUT2D eigenvalue weighted by atomic mass is 16.5. The SMILES string of the molecule is COc1cc(Nc2nc(C)cc(C(=O)NC3CC3)n2)cc(OC)c1OC. The first kappa shape index (κ1) is 17.8. The van der Waals surface area contributed by atoms with Crippen LogP contribution in [-0.2, 0) is 0 Å². The normalized spacial score (nSPS) is 13.1. The van der Waals surface area contributed by atoms with Gasteiger partial charge >= 0.3 is 0 Å². The van der Waals surface area contributed by atoms with E-state index in [0.717, 1.165) is 12.8 Å². The highest BCUT2D eigenvalue weighted by Gasteiger charge is 2.24. The van der Waals surface area contributed by atoms with Gasteiger partial charge in [0.1, 0.15) is 5.69 Å². The molecule has 1 saturated carbocycles. The Balaban J connectivity index is 1.88. The lowest BCUT2D eigenvalue weighted by Gasteiger charge is -2.15. The van der Waals surface area contributed by atoms with E-state index in [1.54, 1.807) is 39.5 Å². The number of aromatic nitrogens is 2. The number of nitrogens with one attached hydrogen (secondary N) is 2. The van der Waals surface area contributed by atoms with Gasteiger partial charge in [-0.25, -0.2) is 9.97 Å². The number of aryl methyl sites for hydroxylation is 1. The summed E-state index contributed by atoms with van der Waals surface area (Å²) in [6.07, 6.45) is 2.04. The molecule has 1 aromatic heterocycles. The van der Waals surface area contributed by atoms with Gasteiger partial charge in [0.25, 0.3) is 5.91 Å². The molecule has 1 aliphatic rings. The maximum atomic E-state index is 12.3.